The third-order valence-electron chi connectivity index (χ3n) is 2.41. The lowest BCUT2D eigenvalue weighted by molar-refractivity contribution is 0.507. The summed E-state index contributed by atoms with van der Waals surface area (Å²) in [4.78, 5) is 0. The summed E-state index contributed by atoms with van der Waals surface area (Å²) in [6.07, 6.45) is 2.11. The van der Waals surface area contributed by atoms with E-state index < -0.39 is 0 Å². The van der Waals surface area contributed by atoms with E-state index >= 15 is 0 Å². The van der Waals surface area contributed by atoms with Gasteiger partial charge in [-0.2, -0.15) is 0 Å². The molecule has 0 aliphatic carbocycles. The lowest BCUT2D eigenvalue weighted by Crippen LogP contribution is -2.11. The van der Waals surface area contributed by atoms with Crippen LogP contribution in [0, 0.1) is 5.92 Å². The summed E-state index contributed by atoms with van der Waals surface area (Å²) < 4.78 is 1.03. The van der Waals surface area contributed by atoms with E-state index in [9.17, 15) is 0 Å². The first kappa shape index (κ1) is 16.2. The maximum atomic E-state index is 6.11. The van der Waals surface area contributed by atoms with Gasteiger partial charge in [-0.05, 0) is 42.5 Å². The standard InChI is InChI=1S/C12H17BrClN.ClH/c1-8(2)3-6-12(15)10-7-9(13)4-5-11(10)14;/h4-5,7-8,12H,3,6,15H2,1-2H3;1H/t12-;/m1./s1. The van der Waals surface area contributed by atoms with Crippen LogP contribution in [0.25, 0.3) is 0 Å². The predicted octanol–water partition coefficient (Wildman–Crippen LogP) is 4.96. The van der Waals surface area contributed by atoms with E-state index in [4.69, 9.17) is 17.3 Å². The quantitative estimate of drug-likeness (QED) is 0.831. The molecule has 1 nitrogen and oxygen atoms in total. The second-order valence-corrected chi connectivity index (χ2v) is 5.57. The molecule has 0 spiro atoms. The van der Waals surface area contributed by atoms with Crippen molar-refractivity contribution in [3.05, 3.63) is 33.3 Å². The first-order valence-electron chi connectivity index (χ1n) is 5.21. The second-order valence-electron chi connectivity index (χ2n) is 4.24. The van der Waals surface area contributed by atoms with Gasteiger partial charge in [-0.1, -0.05) is 41.4 Å². The van der Waals surface area contributed by atoms with Gasteiger partial charge >= 0.3 is 0 Å². The Hall–Kier alpha value is 0.240. The molecular weight excluding hydrogens is 309 g/mol. The molecule has 0 saturated carbocycles. The molecule has 92 valence electrons. The van der Waals surface area contributed by atoms with Crippen molar-refractivity contribution in [1.82, 2.24) is 0 Å². The number of hydrogen-bond donors (Lipinski definition) is 1. The average molecular weight is 327 g/mol. The fourth-order valence-electron chi connectivity index (χ4n) is 1.47. The van der Waals surface area contributed by atoms with Crippen molar-refractivity contribution < 1.29 is 0 Å². The summed E-state index contributed by atoms with van der Waals surface area (Å²) >= 11 is 9.54. The summed E-state index contributed by atoms with van der Waals surface area (Å²) in [7, 11) is 0. The molecule has 0 aliphatic heterocycles. The molecule has 0 aliphatic rings. The second kappa shape index (κ2) is 7.54. The molecule has 1 aromatic rings. The van der Waals surface area contributed by atoms with E-state index in [2.05, 4.69) is 29.8 Å². The van der Waals surface area contributed by atoms with E-state index in [-0.39, 0.29) is 18.4 Å². The molecule has 0 bridgehead atoms. The van der Waals surface area contributed by atoms with Crippen molar-refractivity contribution >= 4 is 39.9 Å². The molecule has 0 saturated heterocycles. The molecule has 0 heterocycles. The van der Waals surface area contributed by atoms with Crippen molar-refractivity contribution in [1.29, 1.82) is 0 Å². The first-order valence-corrected chi connectivity index (χ1v) is 6.38. The van der Waals surface area contributed by atoms with Crippen LogP contribution in [0.4, 0.5) is 0 Å². The highest BCUT2D eigenvalue weighted by Gasteiger charge is 2.11. The zero-order valence-corrected chi connectivity index (χ0v) is 12.7. The van der Waals surface area contributed by atoms with Crippen molar-refractivity contribution in [2.75, 3.05) is 0 Å². The Morgan fingerprint density at radius 1 is 1.31 bits per heavy atom. The summed E-state index contributed by atoms with van der Waals surface area (Å²) in [5.41, 5.74) is 7.14. The summed E-state index contributed by atoms with van der Waals surface area (Å²) in [5, 5.41) is 0.759. The fraction of sp³-hybridized carbons (Fsp3) is 0.500. The topological polar surface area (TPSA) is 26.0 Å². The van der Waals surface area contributed by atoms with Crippen LogP contribution in [-0.4, -0.2) is 0 Å². The Kier molecular flexibility index (Phi) is 7.66. The Balaban J connectivity index is 0.00000225. The molecule has 0 amide bonds. The number of benzene rings is 1. The Bertz CT molecular complexity index is 329. The van der Waals surface area contributed by atoms with Crippen LogP contribution < -0.4 is 5.73 Å². The third-order valence-corrected chi connectivity index (χ3v) is 3.25. The molecule has 0 unspecified atom stereocenters. The predicted molar refractivity (Wildman–Crippen MR) is 77.4 cm³/mol. The van der Waals surface area contributed by atoms with Crippen LogP contribution in [0.2, 0.25) is 5.02 Å². The van der Waals surface area contributed by atoms with Gasteiger partial charge < -0.3 is 5.73 Å². The molecule has 0 aromatic heterocycles. The Morgan fingerprint density at radius 3 is 2.50 bits per heavy atom. The minimum absolute atomic E-state index is 0. The lowest BCUT2D eigenvalue weighted by atomic mass is 9.98. The SMILES string of the molecule is CC(C)CC[C@@H](N)c1cc(Br)ccc1Cl.Cl. The van der Waals surface area contributed by atoms with Gasteiger partial charge in [-0.3, -0.25) is 0 Å². The molecule has 4 heteroatoms. The van der Waals surface area contributed by atoms with Crippen LogP contribution in [0.3, 0.4) is 0 Å². The average Bonchev–Trinajstić information content (AvgIpc) is 2.18. The molecule has 1 atom stereocenters. The molecule has 1 rings (SSSR count). The molecule has 1 aromatic carbocycles. The number of halogens is 3. The van der Waals surface area contributed by atoms with Gasteiger partial charge in [0.1, 0.15) is 0 Å². The third kappa shape index (κ3) is 5.05. The minimum Gasteiger partial charge on any atom is -0.324 e. The Labute approximate surface area is 117 Å². The molecule has 16 heavy (non-hydrogen) atoms. The van der Waals surface area contributed by atoms with Crippen molar-refractivity contribution in [3.63, 3.8) is 0 Å². The van der Waals surface area contributed by atoms with Crippen molar-refractivity contribution in [2.24, 2.45) is 11.7 Å². The zero-order valence-electron chi connectivity index (χ0n) is 9.54. The molecular formula is C12H18BrCl2N. The van der Waals surface area contributed by atoms with Gasteiger partial charge in [-0.25, -0.2) is 0 Å². The fourth-order valence-corrected chi connectivity index (χ4v) is 2.10. The smallest absolute Gasteiger partial charge is 0.0454 e. The maximum Gasteiger partial charge on any atom is 0.0454 e. The van der Waals surface area contributed by atoms with Crippen molar-refractivity contribution in [3.8, 4) is 0 Å². The largest absolute Gasteiger partial charge is 0.324 e. The van der Waals surface area contributed by atoms with Gasteiger partial charge in [-0.15, -0.1) is 12.4 Å². The minimum atomic E-state index is 0. The number of hydrogen-bond acceptors (Lipinski definition) is 1. The zero-order chi connectivity index (χ0) is 11.4. The van der Waals surface area contributed by atoms with Gasteiger partial charge in [0.15, 0.2) is 0 Å². The highest BCUT2D eigenvalue weighted by atomic mass is 79.9. The van der Waals surface area contributed by atoms with Gasteiger partial charge in [0.05, 0.1) is 0 Å². The molecule has 0 fully saturated rings. The summed E-state index contributed by atoms with van der Waals surface area (Å²) in [6, 6.07) is 5.86. The van der Waals surface area contributed by atoms with E-state index in [0.717, 1.165) is 27.9 Å². The van der Waals surface area contributed by atoms with Gasteiger partial charge in [0.25, 0.3) is 0 Å². The van der Waals surface area contributed by atoms with Gasteiger partial charge in [0, 0.05) is 15.5 Å². The van der Waals surface area contributed by atoms with Crippen LogP contribution in [0.5, 0.6) is 0 Å². The van der Waals surface area contributed by atoms with E-state index in [1.165, 1.54) is 0 Å². The highest BCUT2D eigenvalue weighted by Crippen LogP contribution is 2.28. The van der Waals surface area contributed by atoms with Crippen LogP contribution >= 0.6 is 39.9 Å². The maximum absolute atomic E-state index is 6.11. The summed E-state index contributed by atoms with van der Waals surface area (Å²) in [6.45, 7) is 4.41. The van der Waals surface area contributed by atoms with E-state index in [1.54, 1.807) is 0 Å². The highest BCUT2D eigenvalue weighted by molar-refractivity contribution is 9.10. The summed E-state index contributed by atoms with van der Waals surface area (Å²) in [5.74, 6) is 0.682. The van der Waals surface area contributed by atoms with Gasteiger partial charge in [0.2, 0.25) is 0 Å². The first-order chi connectivity index (χ1) is 7.00. The van der Waals surface area contributed by atoms with E-state index in [1.807, 2.05) is 18.2 Å². The molecule has 2 N–H and O–H groups in total. The van der Waals surface area contributed by atoms with Crippen LogP contribution in [0.15, 0.2) is 22.7 Å². The number of rotatable bonds is 4. The lowest BCUT2D eigenvalue weighted by Gasteiger charge is -2.15. The normalized spacial score (nSPS) is 12.4. The van der Waals surface area contributed by atoms with Crippen LogP contribution in [-0.2, 0) is 0 Å². The molecule has 0 radical (unpaired) electrons. The van der Waals surface area contributed by atoms with Crippen LogP contribution in [0.1, 0.15) is 38.3 Å². The van der Waals surface area contributed by atoms with E-state index in [0.29, 0.717) is 5.92 Å². The number of nitrogens with two attached hydrogens (primary N) is 1. The van der Waals surface area contributed by atoms with Crippen molar-refractivity contribution in [2.45, 2.75) is 32.7 Å². The monoisotopic (exact) mass is 325 g/mol. The Morgan fingerprint density at radius 2 is 1.94 bits per heavy atom.